The number of imidazole rings is 1. The first-order chi connectivity index (χ1) is 15.3. The predicted octanol–water partition coefficient (Wildman–Crippen LogP) is -1.38. The van der Waals surface area contributed by atoms with Crippen LogP contribution in [0.1, 0.15) is 11.3 Å². The number of H-pyrrole nitrogens is 1. The maximum absolute atomic E-state index is 12.7. The largest absolute Gasteiger partial charge is 0.480 e. The van der Waals surface area contributed by atoms with Crippen LogP contribution in [0, 0.1) is 0 Å². The van der Waals surface area contributed by atoms with Gasteiger partial charge in [-0.05, 0) is 12.0 Å². The molecule has 0 spiro atoms. The van der Waals surface area contributed by atoms with Crippen LogP contribution in [0.2, 0.25) is 0 Å². The molecule has 0 aliphatic rings. The van der Waals surface area contributed by atoms with E-state index in [0.717, 1.165) is 5.56 Å². The number of rotatable bonds is 12. The Labute approximate surface area is 190 Å². The van der Waals surface area contributed by atoms with E-state index in [-0.39, 0.29) is 18.6 Å². The number of nitrogens with zero attached hydrogens (tertiary/aromatic N) is 1. The van der Waals surface area contributed by atoms with Crippen molar-refractivity contribution in [1.82, 2.24) is 25.9 Å². The van der Waals surface area contributed by atoms with E-state index < -0.39 is 48.4 Å². The molecule has 0 bridgehead atoms. The van der Waals surface area contributed by atoms with Gasteiger partial charge in [0.25, 0.3) is 0 Å². The summed E-state index contributed by atoms with van der Waals surface area (Å²) < 4.78 is 0. The summed E-state index contributed by atoms with van der Waals surface area (Å²) >= 11 is 4.12. The summed E-state index contributed by atoms with van der Waals surface area (Å²) in [5.74, 6) is -3.15. The number of carboxylic acid groups (broad SMARTS) is 1. The lowest BCUT2D eigenvalue weighted by Crippen LogP contribution is -2.57. The van der Waals surface area contributed by atoms with Gasteiger partial charge in [0.1, 0.15) is 18.6 Å². The smallest absolute Gasteiger partial charge is 0.322 e. The Morgan fingerprint density at radius 3 is 2.31 bits per heavy atom. The average molecular weight is 463 g/mol. The fraction of sp³-hybridized carbons (Fsp3) is 0.350. The summed E-state index contributed by atoms with van der Waals surface area (Å²) in [6.07, 6.45) is 3.21. The normalized spacial score (nSPS) is 13.4. The number of carboxylic acids is 1. The van der Waals surface area contributed by atoms with Gasteiger partial charge in [-0.3, -0.25) is 19.2 Å². The van der Waals surface area contributed by atoms with Crippen LogP contribution >= 0.6 is 12.6 Å². The Morgan fingerprint density at radius 2 is 1.72 bits per heavy atom. The van der Waals surface area contributed by atoms with Crippen molar-refractivity contribution in [2.24, 2.45) is 5.73 Å². The van der Waals surface area contributed by atoms with Gasteiger partial charge in [-0.1, -0.05) is 30.3 Å². The number of aliphatic carboxylic acids is 1. The number of nitrogens with two attached hydrogens (primary N) is 1. The van der Waals surface area contributed by atoms with Crippen molar-refractivity contribution < 1.29 is 24.3 Å². The Kier molecular flexibility index (Phi) is 9.70. The molecular formula is C20H26N6O5S. The molecule has 2 aromatic rings. The molecule has 1 heterocycles. The Morgan fingerprint density at radius 1 is 1.03 bits per heavy atom. The molecule has 0 radical (unpaired) electrons. The van der Waals surface area contributed by atoms with E-state index in [2.05, 4.69) is 38.5 Å². The van der Waals surface area contributed by atoms with Crippen molar-refractivity contribution >= 4 is 36.3 Å². The van der Waals surface area contributed by atoms with Crippen LogP contribution in [-0.2, 0) is 32.0 Å². The number of amides is 3. The lowest BCUT2D eigenvalue weighted by Gasteiger charge is -2.23. The van der Waals surface area contributed by atoms with E-state index >= 15 is 0 Å². The monoisotopic (exact) mass is 462 g/mol. The quantitative estimate of drug-likeness (QED) is 0.190. The van der Waals surface area contributed by atoms with Crippen LogP contribution in [0.4, 0.5) is 0 Å². The first-order valence-corrected chi connectivity index (χ1v) is 10.4. The van der Waals surface area contributed by atoms with E-state index in [1.54, 1.807) is 0 Å². The number of carbonyl (C=O) groups excluding carboxylic acids is 3. The van der Waals surface area contributed by atoms with Crippen LogP contribution in [0.25, 0.3) is 0 Å². The molecule has 2 rings (SSSR count). The van der Waals surface area contributed by atoms with E-state index in [4.69, 9.17) is 10.8 Å². The molecule has 1 aromatic heterocycles. The minimum Gasteiger partial charge on any atom is -0.480 e. The SMILES string of the molecule is NC(Cc1ccccc1)C(=O)NC(CS)C(=O)NC(Cc1cnc[nH]1)C(=O)NCC(=O)O. The van der Waals surface area contributed by atoms with Gasteiger partial charge in [-0.2, -0.15) is 12.6 Å². The summed E-state index contributed by atoms with van der Waals surface area (Å²) in [6, 6.07) is 6.16. The first-order valence-electron chi connectivity index (χ1n) is 9.78. The standard InChI is InChI=1S/C20H26N6O5S/c21-14(6-12-4-2-1-3-5-12)18(29)26-16(10-32)20(31)25-15(7-13-8-22-11-24-13)19(30)23-9-17(27)28/h1-5,8,11,14-16,32H,6-7,9-10,21H2,(H,22,24)(H,23,30)(H,25,31)(H,26,29)(H,27,28). The highest BCUT2D eigenvalue weighted by molar-refractivity contribution is 7.80. The highest BCUT2D eigenvalue weighted by Gasteiger charge is 2.28. The number of benzene rings is 1. The molecule has 172 valence electrons. The predicted molar refractivity (Wildman–Crippen MR) is 119 cm³/mol. The Hall–Kier alpha value is -3.38. The van der Waals surface area contributed by atoms with Crippen molar-refractivity contribution in [2.45, 2.75) is 31.0 Å². The van der Waals surface area contributed by atoms with Crippen LogP contribution < -0.4 is 21.7 Å². The molecule has 3 unspecified atom stereocenters. The van der Waals surface area contributed by atoms with Crippen molar-refractivity contribution in [3.05, 3.63) is 54.1 Å². The fourth-order valence-corrected chi connectivity index (χ4v) is 3.07. The second kappa shape index (κ2) is 12.5. The summed E-state index contributed by atoms with van der Waals surface area (Å²) in [7, 11) is 0. The van der Waals surface area contributed by atoms with Crippen molar-refractivity contribution in [3.63, 3.8) is 0 Å². The fourth-order valence-electron chi connectivity index (χ4n) is 2.82. The van der Waals surface area contributed by atoms with Gasteiger partial charge in [-0.15, -0.1) is 0 Å². The Bertz CT molecular complexity index is 908. The van der Waals surface area contributed by atoms with E-state index in [1.165, 1.54) is 12.5 Å². The molecule has 1 aromatic carbocycles. The maximum Gasteiger partial charge on any atom is 0.322 e. The van der Waals surface area contributed by atoms with Crippen LogP contribution in [0.3, 0.4) is 0 Å². The van der Waals surface area contributed by atoms with Gasteiger partial charge in [0.15, 0.2) is 0 Å². The highest BCUT2D eigenvalue weighted by atomic mass is 32.1. The third-order valence-electron chi connectivity index (χ3n) is 4.48. The number of hydrogen-bond acceptors (Lipinski definition) is 7. The van der Waals surface area contributed by atoms with Gasteiger partial charge in [0.05, 0.1) is 12.4 Å². The van der Waals surface area contributed by atoms with Crippen molar-refractivity contribution in [1.29, 1.82) is 0 Å². The van der Waals surface area contributed by atoms with Crippen molar-refractivity contribution in [3.8, 4) is 0 Å². The third kappa shape index (κ3) is 8.04. The zero-order chi connectivity index (χ0) is 23.5. The molecule has 0 aliphatic heterocycles. The minimum absolute atomic E-state index is 0.0385. The lowest BCUT2D eigenvalue weighted by atomic mass is 10.1. The van der Waals surface area contributed by atoms with E-state index in [9.17, 15) is 19.2 Å². The zero-order valence-corrected chi connectivity index (χ0v) is 18.0. The zero-order valence-electron chi connectivity index (χ0n) is 17.2. The second-order valence-electron chi connectivity index (χ2n) is 6.99. The number of thiol groups is 1. The first kappa shape index (κ1) is 24.9. The number of hydrogen-bond donors (Lipinski definition) is 7. The molecular weight excluding hydrogens is 436 g/mol. The van der Waals surface area contributed by atoms with Gasteiger partial charge in [0, 0.05) is 24.1 Å². The summed E-state index contributed by atoms with van der Waals surface area (Å²) in [5.41, 5.74) is 7.39. The molecule has 12 heteroatoms. The van der Waals surface area contributed by atoms with Gasteiger partial charge in [-0.25, -0.2) is 4.98 Å². The number of nitrogens with one attached hydrogen (secondary N) is 4. The Balaban J connectivity index is 2.00. The highest BCUT2D eigenvalue weighted by Crippen LogP contribution is 2.04. The van der Waals surface area contributed by atoms with E-state index in [1.807, 2.05) is 30.3 Å². The average Bonchev–Trinajstić information content (AvgIpc) is 3.28. The summed E-state index contributed by atoms with van der Waals surface area (Å²) in [6.45, 7) is -0.602. The summed E-state index contributed by atoms with van der Waals surface area (Å²) in [4.78, 5) is 55.0. The molecule has 3 amide bonds. The van der Waals surface area contributed by atoms with Gasteiger partial charge >= 0.3 is 5.97 Å². The molecule has 0 aliphatic carbocycles. The second-order valence-corrected chi connectivity index (χ2v) is 7.36. The van der Waals surface area contributed by atoms with E-state index in [0.29, 0.717) is 5.69 Å². The lowest BCUT2D eigenvalue weighted by molar-refractivity contribution is -0.138. The van der Waals surface area contributed by atoms with Crippen LogP contribution in [0.15, 0.2) is 42.9 Å². The maximum atomic E-state index is 12.7. The minimum atomic E-state index is -1.22. The number of aromatic amines is 1. The molecule has 32 heavy (non-hydrogen) atoms. The number of aromatic nitrogens is 2. The van der Waals surface area contributed by atoms with Crippen molar-refractivity contribution in [2.75, 3.05) is 12.3 Å². The molecule has 7 N–H and O–H groups in total. The topological polar surface area (TPSA) is 179 Å². The molecule has 0 saturated carbocycles. The molecule has 0 fully saturated rings. The van der Waals surface area contributed by atoms with Gasteiger partial charge < -0.3 is 31.8 Å². The number of carbonyl (C=O) groups is 4. The molecule has 11 nitrogen and oxygen atoms in total. The summed E-state index contributed by atoms with van der Waals surface area (Å²) in [5, 5.41) is 16.1. The third-order valence-corrected chi connectivity index (χ3v) is 4.84. The van der Waals surface area contributed by atoms with Gasteiger partial charge in [0.2, 0.25) is 17.7 Å². The van der Waals surface area contributed by atoms with Crippen LogP contribution in [0.5, 0.6) is 0 Å². The molecule has 3 atom stereocenters. The van der Waals surface area contributed by atoms with Crippen LogP contribution in [-0.4, -0.2) is 69.2 Å². The molecule has 0 saturated heterocycles.